The molecule has 1 aromatic carbocycles. The van der Waals surface area contributed by atoms with Crippen molar-refractivity contribution < 1.29 is 0 Å². The van der Waals surface area contributed by atoms with E-state index >= 15 is 0 Å². The third-order valence-corrected chi connectivity index (χ3v) is 3.53. The number of nitrogens with one attached hydrogen (secondary N) is 2. The number of hydrogen-bond donors (Lipinski definition) is 2. The zero-order valence-electron chi connectivity index (χ0n) is 13.9. The van der Waals surface area contributed by atoms with Crippen LogP contribution in [0.15, 0.2) is 36.4 Å². The van der Waals surface area contributed by atoms with Crippen molar-refractivity contribution in [3.05, 3.63) is 47.7 Å². The minimum atomic E-state index is 0.173. The van der Waals surface area contributed by atoms with E-state index in [0.717, 1.165) is 24.5 Å². The molecule has 0 spiro atoms. The third kappa shape index (κ3) is 5.02. The summed E-state index contributed by atoms with van der Waals surface area (Å²) >= 11 is 0. The van der Waals surface area contributed by atoms with E-state index in [1.165, 1.54) is 5.56 Å². The largest absolute Gasteiger partial charge is 0.370 e. The number of nitrogens with zero attached hydrogens (tertiary/aromatic N) is 2. The SMILES string of the molecule is Cc1cc(NCCC(C)C)nc(NC(C)c2ccccc2)n1. The van der Waals surface area contributed by atoms with Crippen LogP contribution in [0.2, 0.25) is 0 Å². The monoisotopic (exact) mass is 298 g/mol. The van der Waals surface area contributed by atoms with Gasteiger partial charge >= 0.3 is 0 Å². The van der Waals surface area contributed by atoms with Crippen molar-refractivity contribution in [3.8, 4) is 0 Å². The average Bonchev–Trinajstić information content (AvgIpc) is 2.47. The number of aryl methyl sites for hydroxylation is 1. The number of hydrogen-bond acceptors (Lipinski definition) is 4. The molecule has 0 aliphatic rings. The van der Waals surface area contributed by atoms with E-state index in [4.69, 9.17) is 0 Å². The zero-order valence-corrected chi connectivity index (χ0v) is 13.9. The lowest BCUT2D eigenvalue weighted by atomic mass is 10.1. The van der Waals surface area contributed by atoms with E-state index in [-0.39, 0.29) is 6.04 Å². The summed E-state index contributed by atoms with van der Waals surface area (Å²) in [4.78, 5) is 9.04. The molecule has 0 aliphatic carbocycles. The number of anilines is 2. The Balaban J connectivity index is 2.03. The van der Waals surface area contributed by atoms with Gasteiger partial charge in [-0.05, 0) is 31.7 Å². The highest BCUT2D eigenvalue weighted by Crippen LogP contribution is 2.18. The Labute approximate surface area is 133 Å². The Morgan fingerprint density at radius 1 is 1.05 bits per heavy atom. The maximum absolute atomic E-state index is 4.56. The molecule has 118 valence electrons. The molecule has 4 heteroatoms. The highest BCUT2D eigenvalue weighted by Gasteiger charge is 2.08. The van der Waals surface area contributed by atoms with E-state index in [2.05, 4.69) is 53.5 Å². The third-order valence-electron chi connectivity index (χ3n) is 3.53. The Morgan fingerprint density at radius 2 is 1.77 bits per heavy atom. The number of benzene rings is 1. The number of aromatic nitrogens is 2. The van der Waals surface area contributed by atoms with Gasteiger partial charge < -0.3 is 10.6 Å². The molecular weight excluding hydrogens is 272 g/mol. The van der Waals surface area contributed by atoms with Gasteiger partial charge in [0.2, 0.25) is 5.95 Å². The van der Waals surface area contributed by atoms with Gasteiger partial charge in [0.05, 0.1) is 6.04 Å². The summed E-state index contributed by atoms with van der Waals surface area (Å²) in [6.45, 7) is 9.49. The molecule has 4 nitrogen and oxygen atoms in total. The molecule has 0 fully saturated rings. The summed E-state index contributed by atoms with van der Waals surface area (Å²) in [6, 6.07) is 12.5. The van der Waals surface area contributed by atoms with Crippen molar-refractivity contribution in [3.63, 3.8) is 0 Å². The predicted molar refractivity (Wildman–Crippen MR) is 93.2 cm³/mol. The minimum absolute atomic E-state index is 0.173. The van der Waals surface area contributed by atoms with Crippen molar-refractivity contribution in [2.24, 2.45) is 5.92 Å². The first-order valence-electron chi connectivity index (χ1n) is 7.95. The Kier molecular flexibility index (Phi) is 5.75. The molecule has 0 aliphatic heterocycles. The topological polar surface area (TPSA) is 49.8 Å². The second kappa shape index (κ2) is 7.78. The summed E-state index contributed by atoms with van der Waals surface area (Å²) in [5.41, 5.74) is 2.19. The highest BCUT2D eigenvalue weighted by atomic mass is 15.2. The fourth-order valence-electron chi connectivity index (χ4n) is 2.23. The van der Waals surface area contributed by atoms with Crippen LogP contribution in [-0.4, -0.2) is 16.5 Å². The Bertz CT molecular complexity index is 581. The van der Waals surface area contributed by atoms with Crippen LogP contribution in [0.1, 0.15) is 44.5 Å². The summed E-state index contributed by atoms with van der Waals surface area (Å²) in [5, 5.41) is 6.76. The lowest BCUT2D eigenvalue weighted by Crippen LogP contribution is -2.12. The highest BCUT2D eigenvalue weighted by molar-refractivity contribution is 5.43. The normalized spacial score (nSPS) is 12.2. The van der Waals surface area contributed by atoms with Gasteiger partial charge in [-0.1, -0.05) is 44.2 Å². The first-order chi connectivity index (χ1) is 10.5. The van der Waals surface area contributed by atoms with E-state index in [1.807, 2.05) is 31.2 Å². The molecule has 2 rings (SSSR count). The predicted octanol–water partition coefficient (Wildman–Crippen LogP) is 4.42. The van der Waals surface area contributed by atoms with Crippen LogP contribution in [0.5, 0.6) is 0 Å². The van der Waals surface area contributed by atoms with Crippen molar-refractivity contribution in [2.75, 3.05) is 17.2 Å². The molecule has 1 unspecified atom stereocenters. The molecule has 22 heavy (non-hydrogen) atoms. The van der Waals surface area contributed by atoms with E-state index < -0.39 is 0 Å². The fraction of sp³-hybridized carbons (Fsp3) is 0.444. The van der Waals surface area contributed by atoms with Crippen molar-refractivity contribution in [2.45, 2.75) is 40.2 Å². The molecule has 2 N–H and O–H groups in total. The van der Waals surface area contributed by atoms with Crippen molar-refractivity contribution in [1.29, 1.82) is 0 Å². The first kappa shape index (κ1) is 16.3. The van der Waals surface area contributed by atoms with Crippen LogP contribution in [0.3, 0.4) is 0 Å². The second-order valence-corrected chi connectivity index (χ2v) is 6.10. The molecule has 2 aromatic rings. The van der Waals surface area contributed by atoms with Gasteiger partial charge in [0.25, 0.3) is 0 Å². The average molecular weight is 298 g/mol. The van der Waals surface area contributed by atoms with Crippen LogP contribution in [0.25, 0.3) is 0 Å². The summed E-state index contributed by atoms with van der Waals surface area (Å²) < 4.78 is 0. The standard InChI is InChI=1S/C18H26N4/c1-13(2)10-11-19-17-12-14(3)20-18(22-17)21-15(4)16-8-6-5-7-9-16/h5-9,12-13,15H,10-11H2,1-4H3,(H2,19,20,21,22). The van der Waals surface area contributed by atoms with Gasteiger partial charge in [-0.15, -0.1) is 0 Å². The fourth-order valence-corrected chi connectivity index (χ4v) is 2.23. The first-order valence-corrected chi connectivity index (χ1v) is 7.95. The van der Waals surface area contributed by atoms with Gasteiger partial charge in [0.1, 0.15) is 5.82 Å². The Hall–Kier alpha value is -2.10. The summed E-state index contributed by atoms with van der Waals surface area (Å²) in [5.74, 6) is 2.24. The molecule has 0 radical (unpaired) electrons. The maximum Gasteiger partial charge on any atom is 0.225 e. The Morgan fingerprint density at radius 3 is 2.45 bits per heavy atom. The quantitative estimate of drug-likeness (QED) is 0.794. The van der Waals surface area contributed by atoms with E-state index in [1.54, 1.807) is 0 Å². The molecule has 1 aromatic heterocycles. The van der Waals surface area contributed by atoms with Crippen LogP contribution >= 0.6 is 0 Å². The number of rotatable bonds is 7. The van der Waals surface area contributed by atoms with Crippen LogP contribution in [-0.2, 0) is 0 Å². The van der Waals surface area contributed by atoms with Gasteiger partial charge in [-0.3, -0.25) is 0 Å². The molecule has 0 saturated heterocycles. The molecule has 0 amide bonds. The lowest BCUT2D eigenvalue weighted by molar-refractivity contribution is 0.606. The molecular formula is C18H26N4. The van der Waals surface area contributed by atoms with Crippen molar-refractivity contribution in [1.82, 2.24) is 9.97 Å². The smallest absolute Gasteiger partial charge is 0.225 e. The van der Waals surface area contributed by atoms with Crippen LogP contribution < -0.4 is 10.6 Å². The van der Waals surface area contributed by atoms with E-state index in [9.17, 15) is 0 Å². The van der Waals surface area contributed by atoms with Gasteiger partial charge in [0, 0.05) is 18.3 Å². The van der Waals surface area contributed by atoms with Crippen LogP contribution in [0, 0.1) is 12.8 Å². The van der Waals surface area contributed by atoms with Gasteiger partial charge in [-0.25, -0.2) is 4.98 Å². The molecule has 1 heterocycles. The minimum Gasteiger partial charge on any atom is -0.370 e. The van der Waals surface area contributed by atoms with Crippen LogP contribution in [0.4, 0.5) is 11.8 Å². The summed E-state index contributed by atoms with van der Waals surface area (Å²) in [6.07, 6.45) is 1.13. The maximum atomic E-state index is 4.56. The second-order valence-electron chi connectivity index (χ2n) is 6.10. The lowest BCUT2D eigenvalue weighted by Gasteiger charge is -2.16. The van der Waals surface area contributed by atoms with Gasteiger partial charge in [0.15, 0.2) is 0 Å². The summed E-state index contributed by atoms with van der Waals surface area (Å²) in [7, 11) is 0. The van der Waals surface area contributed by atoms with Gasteiger partial charge in [-0.2, -0.15) is 4.98 Å². The molecule has 0 bridgehead atoms. The zero-order chi connectivity index (χ0) is 15.9. The van der Waals surface area contributed by atoms with Crippen molar-refractivity contribution >= 4 is 11.8 Å². The van der Waals surface area contributed by atoms with E-state index in [0.29, 0.717) is 11.9 Å². The molecule has 0 saturated carbocycles. The molecule has 1 atom stereocenters.